The van der Waals surface area contributed by atoms with Gasteiger partial charge in [-0.2, -0.15) is 0 Å². The van der Waals surface area contributed by atoms with E-state index in [1.54, 1.807) is 0 Å². The smallest absolute Gasteiger partial charge is 0.303 e. The maximum Gasteiger partial charge on any atom is 0.303 e. The number of hydrogen-bond acceptors (Lipinski definition) is 25. The molecule has 18 atom stereocenters. The van der Waals surface area contributed by atoms with Crippen molar-refractivity contribution in [1.82, 2.24) is 10.2 Å². The number of unbranched alkanes of at least 4 members (excludes halogenated alkanes) is 15. The first-order chi connectivity index (χ1) is 41.9. The normalized spacial score (nSPS) is 29.9. The molecule has 26 nitrogen and oxygen atoms in total. The number of nitrogens with one attached hydrogen (secondary N) is 1. The Labute approximate surface area is 519 Å². The highest BCUT2D eigenvalue weighted by Crippen LogP contribution is 2.34. The van der Waals surface area contributed by atoms with E-state index in [1.807, 2.05) is 13.8 Å². The number of aliphatic hydroxyl groups is 6. The minimum Gasteiger partial charge on any atom is -0.457 e. The van der Waals surface area contributed by atoms with E-state index in [-0.39, 0.29) is 17.6 Å². The van der Waals surface area contributed by atoms with Crippen LogP contribution in [0.4, 0.5) is 0 Å². The third kappa shape index (κ3) is 28.5. The van der Waals surface area contributed by atoms with E-state index in [1.165, 1.54) is 25.7 Å². The van der Waals surface area contributed by atoms with Crippen molar-refractivity contribution in [3.8, 4) is 0 Å². The summed E-state index contributed by atoms with van der Waals surface area (Å²) < 4.78 is 69.4. The molecule has 4 aliphatic heterocycles. The molecule has 88 heavy (non-hydrogen) atoms. The van der Waals surface area contributed by atoms with E-state index < -0.39 is 161 Å². The van der Waals surface area contributed by atoms with Crippen molar-refractivity contribution in [3.63, 3.8) is 0 Å². The standard InChI is InChI=1S/C62H108N2O24/c1-38(2)33-46(44(70)29-23-18-15-17-22-28-43(69)27-21-16-13-11-9-10-12-14-19-24-30-50(72)63-31-25-20-26-32-64(7)8)85-61-57(88-60-53(75)51(73)47(35-78-60)81-39(3)65)55(45(71)34-77-61)87-59-54(76)52(74)48(36-79-59)86-62-58(84-42(6)68)56(83-41(5)67)49(37-80-62)82-40(4)66/h38,44-49,51-62,70-71,73-76H,9-37H2,1-8H3,(H,63,72)/t44-,45+,46-,47-,48+,49-,51-,52-,53+,54+,55-,56-,57+,58+,59-,60-,61-,62-/m0/s1. The van der Waals surface area contributed by atoms with E-state index in [2.05, 4.69) is 24.3 Å². The van der Waals surface area contributed by atoms with Crippen LogP contribution < -0.4 is 5.32 Å². The van der Waals surface area contributed by atoms with Gasteiger partial charge in [-0.3, -0.25) is 28.8 Å². The molecule has 510 valence electrons. The Hall–Kier alpha value is -3.58. The van der Waals surface area contributed by atoms with Crippen LogP contribution in [0.15, 0.2) is 0 Å². The van der Waals surface area contributed by atoms with E-state index >= 15 is 0 Å². The molecule has 0 radical (unpaired) electrons. The Balaban J connectivity index is 1.25. The highest BCUT2D eigenvalue weighted by Gasteiger charge is 2.54. The Morgan fingerprint density at radius 1 is 0.477 bits per heavy atom. The van der Waals surface area contributed by atoms with E-state index in [4.69, 9.17) is 56.8 Å². The van der Waals surface area contributed by atoms with Crippen LogP contribution in [0.2, 0.25) is 0 Å². The van der Waals surface area contributed by atoms with Crippen molar-refractivity contribution in [3.05, 3.63) is 0 Å². The lowest BCUT2D eigenvalue weighted by atomic mass is 9.96. The fourth-order valence-electron chi connectivity index (χ4n) is 11.2. The van der Waals surface area contributed by atoms with Crippen molar-refractivity contribution in [2.24, 2.45) is 5.92 Å². The molecule has 26 heteroatoms. The van der Waals surface area contributed by atoms with Gasteiger partial charge in [0.2, 0.25) is 5.91 Å². The molecule has 0 aromatic heterocycles. The van der Waals surface area contributed by atoms with Gasteiger partial charge in [-0.05, 0) is 71.5 Å². The van der Waals surface area contributed by atoms with Gasteiger partial charge in [-0.1, -0.05) is 97.3 Å². The highest BCUT2D eigenvalue weighted by atomic mass is 16.8. The van der Waals surface area contributed by atoms with Gasteiger partial charge in [0.25, 0.3) is 0 Å². The van der Waals surface area contributed by atoms with Crippen molar-refractivity contribution >= 4 is 35.6 Å². The fraction of sp³-hybridized carbons (Fsp3) is 0.903. The number of Topliss-reactive ketones (excluding diaryl/α,β-unsaturated/α-hetero) is 1. The average molecular weight is 1270 g/mol. The maximum atomic E-state index is 12.7. The van der Waals surface area contributed by atoms with Gasteiger partial charge >= 0.3 is 23.9 Å². The van der Waals surface area contributed by atoms with Crippen LogP contribution in [0, 0.1) is 5.92 Å². The van der Waals surface area contributed by atoms with Crippen LogP contribution in [-0.4, -0.2) is 235 Å². The summed E-state index contributed by atoms with van der Waals surface area (Å²) in [5.41, 5.74) is 0. The highest BCUT2D eigenvalue weighted by molar-refractivity contribution is 5.78. The third-order valence-corrected chi connectivity index (χ3v) is 15.9. The van der Waals surface area contributed by atoms with Gasteiger partial charge in [0.1, 0.15) is 54.6 Å². The third-order valence-electron chi connectivity index (χ3n) is 15.9. The summed E-state index contributed by atoms with van der Waals surface area (Å²) in [6, 6.07) is 0. The molecule has 0 spiro atoms. The number of carbonyl (C=O) groups excluding carboxylic acids is 6. The number of amides is 1. The number of carbonyl (C=O) groups is 6. The molecular formula is C62H108N2O24. The first-order valence-corrected chi connectivity index (χ1v) is 32.2. The van der Waals surface area contributed by atoms with Gasteiger partial charge in [0.05, 0.1) is 38.6 Å². The molecule has 0 saturated carbocycles. The zero-order chi connectivity index (χ0) is 64.7. The first kappa shape index (κ1) is 76.9. The second-order valence-electron chi connectivity index (χ2n) is 24.6. The van der Waals surface area contributed by atoms with Gasteiger partial charge in [0, 0.05) is 53.5 Å². The summed E-state index contributed by atoms with van der Waals surface area (Å²) >= 11 is 0. The predicted molar refractivity (Wildman–Crippen MR) is 314 cm³/mol. The Kier molecular flexibility index (Phi) is 36.5. The van der Waals surface area contributed by atoms with Crippen molar-refractivity contribution in [2.75, 3.05) is 53.6 Å². The fourth-order valence-corrected chi connectivity index (χ4v) is 11.2. The average Bonchev–Trinajstić information content (AvgIpc) is 1.50. The molecule has 4 rings (SSSR count). The van der Waals surface area contributed by atoms with Crippen molar-refractivity contribution < 1.29 is 116 Å². The first-order valence-electron chi connectivity index (χ1n) is 32.2. The van der Waals surface area contributed by atoms with Crippen LogP contribution >= 0.6 is 0 Å². The van der Waals surface area contributed by atoms with Crippen LogP contribution in [0.1, 0.15) is 189 Å². The summed E-state index contributed by atoms with van der Waals surface area (Å²) in [5.74, 6) is -2.68. The number of nitrogens with zero attached hydrogens (tertiary/aromatic N) is 1. The second kappa shape index (κ2) is 41.8. The summed E-state index contributed by atoms with van der Waals surface area (Å²) in [6.07, 6.45) is -6.35. The topological polar surface area (TPSA) is 350 Å². The molecule has 0 aliphatic carbocycles. The van der Waals surface area contributed by atoms with Crippen molar-refractivity contribution in [2.45, 2.75) is 300 Å². The molecule has 0 aromatic rings. The number of ketones is 1. The molecule has 4 heterocycles. The lowest BCUT2D eigenvalue weighted by Crippen LogP contribution is -2.64. The summed E-state index contributed by atoms with van der Waals surface area (Å²) in [5, 5.41) is 71.5. The number of hydrogen-bond donors (Lipinski definition) is 7. The zero-order valence-electron chi connectivity index (χ0n) is 53.5. The molecule has 4 fully saturated rings. The molecule has 0 bridgehead atoms. The molecule has 4 saturated heterocycles. The van der Waals surface area contributed by atoms with Gasteiger partial charge in [0.15, 0.2) is 49.6 Å². The number of esters is 4. The van der Waals surface area contributed by atoms with Crippen LogP contribution in [0.3, 0.4) is 0 Å². The summed E-state index contributed by atoms with van der Waals surface area (Å²) in [4.78, 5) is 75.0. The van der Waals surface area contributed by atoms with E-state index in [9.17, 15) is 59.4 Å². The summed E-state index contributed by atoms with van der Waals surface area (Å²) in [6.45, 7) is 8.36. The molecule has 1 amide bonds. The van der Waals surface area contributed by atoms with E-state index in [0.29, 0.717) is 38.5 Å². The molecule has 4 aliphatic rings. The largest absolute Gasteiger partial charge is 0.457 e. The minimum absolute atomic E-state index is 0.0000897. The predicted octanol–water partition coefficient (Wildman–Crippen LogP) is 3.72. The SMILES string of the molecule is CC(=O)O[C@@H]1[C@@H](OC(C)=O)[C@H](O[C@@H]2CO[C@@H](O[C@@H]3[C@@H](O[C@@H]4OC[C@H](OC(C)=O)[C@H](O)[C@H]4O)[C@H](O[C@@H](CC(C)C)[C@@H](O)CCCCCCCC(=O)CCCCCCCCCCCCC(=O)NCCCCCN(C)C)OC[C@H]3O)[C@H](O)[C@H]2O)OC[C@@H]1OC(C)=O. The van der Waals surface area contributed by atoms with Gasteiger partial charge in [-0.15, -0.1) is 0 Å². The van der Waals surface area contributed by atoms with Crippen LogP contribution in [0.5, 0.6) is 0 Å². The Bertz CT molecular complexity index is 2020. The Morgan fingerprint density at radius 3 is 1.49 bits per heavy atom. The Morgan fingerprint density at radius 2 is 0.932 bits per heavy atom. The minimum atomic E-state index is -1.93. The molecule has 7 N–H and O–H groups in total. The van der Waals surface area contributed by atoms with E-state index in [0.717, 1.165) is 124 Å². The maximum absolute atomic E-state index is 12.7. The van der Waals surface area contributed by atoms with Gasteiger partial charge < -0.3 is 97.7 Å². The monoisotopic (exact) mass is 1260 g/mol. The van der Waals surface area contributed by atoms with Gasteiger partial charge in [-0.25, -0.2) is 0 Å². The van der Waals surface area contributed by atoms with Crippen LogP contribution in [-0.2, 0) is 85.6 Å². The second-order valence-corrected chi connectivity index (χ2v) is 24.6. The molecule has 0 aromatic carbocycles. The lowest BCUT2D eigenvalue weighted by molar-refractivity contribution is -0.379. The van der Waals surface area contributed by atoms with Crippen LogP contribution in [0.25, 0.3) is 0 Å². The summed E-state index contributed by atoms with van der Waals surface area (Å²) in [7, 11) is 4.15. The molecule has 0 unspecified atom stereocenters. The molecular weight excluding hydrogens is 1160 g/mol. The zero-order valence-corrected chi connectivity index (χ0v) is 53.5. The lowest BCUT2D eigenvalue weighted by Gasteiger charge is -2.47. The number of aliphatic hydroxyl groups excluding tert-OH is 6. The number of ether oxygens (including phenoxy) is 12. The number of rotatable bonds is 42. The van der Waals surface area contributed by atoms with Crippen molar-refractivity contribution in [1.29, 1.82) is 0 Å². The quantitative estimate of drug-likeness (QED) is 0.0260.